The summed E-state index contributed by atoms with van der Waals surface area (Å²) in [6.45, 7) is 1.95. The number of ether oxygens (including phenoxy) is 1. The molecule has 2 aliphatic rings. The fourth-order valence-electron chi connectivity index (χ4n) is 2.74. The summed E-state index contributed by atoms with van der Waals surface area (Å²) in [5.74, 6) is 1.19. The van der Waals surface area contributed by atoms with E-state index in [1.807, 2.05) is 24.3 Å². The summed E-state index contributed by atoms with van der Waals surface area (Å²) in [4.78, 5) is 25.4. The van der Waals surface area contributed by atoms with Gasteiger partial charge < -0.3 is 15.4 Å². The van der Waals surface area contributed by atoms with Crippen LogP contribution in [0, 0.1) is 11.8 Å². The molecule has 1 saturated carbocycles. The largest absolute Gasteiger partial charge is 0.493 e. The van der Waals surface area contributed by atoms with Crippen LogP contribution in [0.2, 0.25) is 0 Å². The summed E-state index contributed by atoms with van der Waals surface area (Å²) >= 11 is 0. The van der Waals surface area contributed by atoms with E-state index in [9.17, 15) is 9.59 Å². The highest BCUT2D eigenvalue weighted by atomic mass is 16.5. The lowest BCUT2D eigenvalue weighted by atomic mass is 9.96. The van der Waals surface area contributed by atoms with Crippen LogP contribution in [0.5, 0.6) is 5.75 Å². The Morgan fingerprint density at radius 2 is 1.73 bits per heavy atom. The number of nitrogens with zero attached hydrogens (tertiary/aromatic N) is 1. The number of hydrogen-bond donors (Lipinski definition) is 1. The van der Waals surface area contributed by atoms with Gasteiger partial charge >= 0.3 is 0 Å². The highest BCUT2D eigenvalue weighted by Gasteiger charge is 2.26. The molecule has 0 radical (unpaired) electrons. The summed E-state index contributed by atoms with van der Waals surface area (Å²) in [7, 11) is 0. The van der Waals surface area contributed by atoms with Crippen molar-refractivity contribution in [1.82, 2.24) is 4.90 Å². The van der Waals surface area contributed by atoms with Gasteiger partial charge in [-0.3, -0.25) is 9.59 Å². The third kappa shape index (κ3) is 3.59. The molecule has 22 heavy (non-hydrogen) atoms. The Morgan fingerprint density at radius 3 is 2.27 bits per heavy atom. The lowest BCUT2D eigenvalue weighted by Gasteiger charge is -2.30. The number of piperidine rings is 1. The molecule has 0 unspecified atom stereocenters. The van der Waals surface area contributed by atoms with Crippen LogP contribution in [0.25, 0.3) is 0 Å². The van der Waals surface area contributed by atoms with Crippen LogP contribution in [0.4, 0.5) is 0 Å². The van der Waals surface area contributed by atoms with E-state index in [0.717, 1.165) is 12.4 Å². The minimum atomic E-state index is -0.260. The number of amides is 2. The Labute approximate surface area is 130 Å². The van der Waals surface area contributed by atoms with Crippen LogP contribution < -0.4 is 10.5 Å². The molecule has 0 aromatic heterocycles. The second-order valence-corrected chi connectivity index (χ2v) is 6.25. The van der Waals surface area contributed by atoms with Crippen LogP contribution in [0.15, 0.2) is 24.3 Å². The molecular formula is C17H22N2O3. The van der Waals surface area contributed by atoms with Gasteiger partial charge in [-0.25, -0.2) is 0 Å². The first kappa shape index (κ1) is 14.9. The molecular weight excluding hydrogens is 280 g/mol. The standard InChI is InChI=1S/C17H22N2O3/c18-16(20)13-7-9-19(10-8-13)17(21)14-3-5-15(6-4-14)22-11-12-1-2-12/h3-6,12-13H,1-2,7-11H2,(H2,18,20). The number of likely N-dealkylation sites (tertiary alicyclic amines) is 1. The van der Waals surface area contributed by atoms with Gasteiger partial charge in [-0.1, -0.05) is 0 Å². The van der Waals surface area contributed by atoms with Gasteiger partial charge in [0.2, 0.25) is 5.91 Å². The molecule has 2 amide bonds. The Kier molecular flexibility index (Phi) is 4.32. The molecule has 3 rings (SSSR count). The van der Waals surface area contributed by atoms with Gasteiger partial charge in [0, 0.05) is 24.6 Å². The lowest BCUT2D eigenvalue weighted by Crippen LogP contribution is -2.41. The Hall–Kier alpha value is -2.04. The average Bonchev–Trinajstić information content (AvgIpc) is 3.37. The van der Waals surface area contributed by atoms with E-state index in [2.05, 4.69) is 0 Å². The highest BCUT2D eigenvalue weighted by Crippen LogP contribution is 2.29. The van der Waals surface area contributed by atoms with E-state index in [4.69, 9.17) is 10.5 Å². The van der Waals surface area contributed by atoms with Gasteiger partial charge in [0.1, 0.15) is 5.75 Å². The van der Waals surface area contributed by atoms with Crippen molar-refractivity contribution in [3.8, 4) is 5.75 Å². The van der Waals surface area contributed by atoms with E-state index in [0.29, 0.717) is 37.4 Å². The van der Waals surface area contributed by atoms with Crippen molar-refractivity contribution in [1.29, 1.82) is 0 Å². The molecule has 2 N–H and O–H groups in total. The second-order valence-electron chi connectivity index (χ2n) is 6.25. The third-order valence-electron chi connectivity index (χ3n) is 4.47. The molecule has 2 fully saturated rings. The van der Waals surface area contributed by atoms with E-state index < -0.39 is 0 Å². The Bertz CT molecular complexity index is 544. The molecule has 1 aliphatic heterocycles. The zero-order valence-electron chi connectivity index (χ0n) is 12.7. The first-order valence-corrected chi connectivity index (χ1v) is 7.95. The number of nitrogens with two attached hydrogens (primary N) is 1. The van der Waals surface area contributed by atoms with Crippen molar-refractivity contribution in [2.75, 3.05) is 19.7 Å². The summed E-state index contributed by atoms with van der Waals surface area (Å²) < 4.78 is 5.67. The molecule has 1 aliphatic carbocycles. The summed E-state index contributed by atoms with van der Waals surface area (Å²) in [6.07, 6.45) is 3.84. The molecule has 0 bridgehead atoms. The van der Waals surface area contributed by atoms with Crippen molar-refractivity contribution >= 4 is 11.8 Å². The predicted octanol–water partition coefficient (Wildman–Crippen LogP) is 1.81. The molecule has 1 aromatic rings. The zero-order chi connectivity index (χ0) is 15.5. The SMILES string of the molecule is NC(=O)C1CCN(C(=O)c2ccc(OCC3CC3)cc2)CC1. The third-order valence-corrected chi connectivity index (χ3v) is 4.47. The van der Waals surface area contributed by atoms with Crippen molar-refractivity contribution in [3.05, 3.63) is 29.8 Å². The molecule has 5 nitrogen and oxygen atoms in total. The normalized spacial score (nSPS) is 19.0. The van der Waals surface area contributed by atoms with E-state index >= 15 is 0 Å². The van der Waals surface area contributed by atoms with Crippen molar-refractivity contribution < 1.29 is 14.3 Å². The van der Waals surface area contributed by atoms with Gasteiger partial charge in [0.15, 0.2) is 0 Å². The average molecular weight is 302 g/mol. The maximum absolute atomic E-state index is 12.4. The topological polar surface area (TPSA) is 72.6 Å². The van der Waals surface area contributed by atoms with Crippen LogP contribution in [-0.4, -0.2) is 36.4 Å². The van der Waals surface area contributed by atoms with Crippen molar-refractivity contribution in [2.24, 2.45) is 17.6 Å². The number of rotatable bonds is 5. The minimum absolute atomic E-state index is 0.0108. The van der Waals surface area contributed by atoms with Gasteiger partial charge in [0.05, 0.1) is 6.61 Å². The van der Waals surface area contributed by atoms with E-state index in [1.54, 1.807) is 4.90 Å². The van der Waals surface area contributed by atoms with Crippen LogP contribution in [0.1, 0.15) is 36.0 Å². The van der Waals surface area contributed by atoms with E-state index in [1.165, 1.54) is 12.8 Å². The van der Waals surface area contributed by atoms with Crippen LogP contribution >= 0.6 is 0 Å². The Morgan fingerprint density at radius 1 is 1.09 bits per heavy atom. The molecule has 1 aromatic carbocycles. The zero-order valence-corrected chi connectivity index (χ0v) is 12.7. The van der Waals surface area contributed by atoms with Gasteiger partial charge in [-0.15, -0.1) is 0 Å². The number of carbonyl (C=O) groups excluding carboxylic acids is 2. The number of primary amides is 1. The van der Waals surface area contributed by atoms with Gasteiger partial charge in [-0.2, -0.15) is 0 Å². The number of carbonyl (C=O) groups is 2. The predicted molar refractivity (Wildman–Crippen MR) is 82.5 cm³/mol. The first-order chi connectivity index (χ1) is 10.6. The quantitative estimate of drug-likeness (QED) is 0.901. The minimum Gasteiger partial charge on any atom is -0.493 e. The lowest BCUT2D eigenvalue weighted by molar-refractivity contribution is -0.123. The molecule has 118 valence electrons. The summed E-state index contributed by atoms with van der Waals surface area (Å²) in [5.41, 5.74) is 5.98. The summed E-state index contributed by atoms with van der Waals surface area (Å²) in [5, 5.41) is 0. The number of benzene rings is 1. The fraction of sp³-hybridized carbons (Fsp3) is 0.529. The Balaban J connectivity index is 1.54. The van der Waals surface area contributed by atoms with Crippen LogP contribution in [0.3, 0.4) is 0 Å². The second kappa shape index (κ2) is 6.38. The van der Waals surface area contributed by atoms with E-state index in [-0.39, 0.29) is 17.7 Å². The maximum atomic E-state index is 12.4. The van der Waals surface area contributed by atoms with Gasteiger partial charge in [0.25, 0.3) is 5.91 Å². The van der Waals surface area contributed by atoms with Crippen molar-refractivity contribution in [2.45, 2.75) is 25.7 Å². The smallest absolute Gasteiger partial charge is 0.253 e. The summed E-state index contributed by atoms with van der Waals surface area (Å²) in [6, 6.07) is 7.33. The fourth-order valence-corrected chi connectivity index (χ4v) is 2.74. The first-order valence-electron chi connectivity index (χ1n) is 7.95. The van der Waals surface area contributed by atoms with Crippen molar-refractivity contribution in [3.63, 3.8) is 0 Å². The number of hydrogen-bond acceptors (Lipinski definition) is 3. The maximum Gasteiger partial charge on any atom is 0.253 e. The molecule has 5 heteroatoms. The van der Waals surface area contributed by atoms with Gasteiger partial charge in [-0.05, 0) is 55.9 Å². The monoisotopic (exact) mass is 302 g/mol. The molecule has 0 spiro atoms. The molecule has 1 saturated heterocycles. The molecule has 1 heterocycles. The van der Waals surface area contributed by atoms with Crippen LogP contribution in [-0.2, 0) is 4.79 Å². The highest BCUT2D eigenvalue weighted by molar-refractivity contribution is 5.94. The molecule has 0 atom stereocenters.